The number of benzene rings is 2. The number of sulfonamides is 1. The van der Waals surface area contributed by atoms with Crippen LogP contribution in [0.3, 0.4) is 0 Å². The van der Waals surface area contributed by atoms with Gasteiger partial charge in [0.2, 0.25) is 10.0 Å². The van der Waals surface area contributed by atoms with E-state index in [9.17, 15) is 13.2 Å². The molecular weight excluding hydrogens is 416 g/mol. The van der Waals surface area contributed by atoms with Crippen LogP contribution in [0.2, 0.25) is 0 Å². The van der Waals surface area contributed by atoms with E-state index < -0.39 is 10.0 Å². The van der Waals surface area contributed by atoms with Crippen molar-refractivity contribution in [3.8, 4) is 11.4 Å². The van der Waals surface area contributed by atoms with Gasteiger partial charge in [0.05, 0.1) is 19.0 Å². The van der Waals surface area contributed by atoms with Gasteiger partial charge < -0.3 is 10.1 Å². The van der Waals surface area contributed by atoms with Crippen LogP contribution < -0.4 is 14.8 Å². The third-order valence-corrected chi connectivity index (χ3v) is 6.51. The van der Waals surface area contributed by atoms with Crippen LogP contribution in [0.1, 0.15) is 28.8 Å². The minimum Gasteiger partial charge on any atom is -0.495 e. The molecule has 1 aliphatic carbocycles. The molecule has 1 saturated carbocycles. The standard InChI is InChI=1S/C22H24N4O4S/c1-30-20-10-7-17(13-21(20)31(28,29)25-18-8-9-18)22(27)23-12-11-16-14-24-26(15-16)19-5-3-2-4-6-19/h2-7,10,13-15,18,25H,8-9,11-12H2,1H3,(H,23,27). The van der Waals surface area contributed by atoms with Crippen LogP contribution in [0, 0.1) is 0 Å². The van der Waals surface area contributed by atoms with Crippen molar-refractivity contribution in [3.63, 3.8) is 0 Å². The molecule has 0 bridgehead atoms. The number of rotatable bonds is 9. The minimum absolute atomic E-state index is 0.0290. The average Bonchev–Trinajstić information content (AvgIpc) is 3.46. The molecule has 0 unspecified atom stereocenters. The highest BCUT2D eigenvalue weighted by molar-refractivity contribution is 7.89. The van der Waals surface area contributed by atoms with E-state index in [1.807, 2.05) is 36.5 Å². The fourth-order valence-electron chi connectivity index (χ4n) is 3.15. The Morgan fingerprint density at radius 1 is 1.19 bits per heavy atom. The summed E-state index contributed by atoms with van der Waals surface area (Å²) in [5.41, 5.74) is 2.21. The van der Waals surface area contributed by atoms with Gasteiger partial charge in [0, 0.05) is 24.3 Å². The topological polar surface area (TPSA) is 102 Å². The summed E-state index contributed by atoms with van der Waals surface area (Å²) < 4.78 is 34.8. The number of hydrogen-bond acceptors (Lipinski definition) is 5. The number of para-hydroxylation sites is 1. The first-order valence-electron chi connectivity index (χ1n) is 10.0. The number of ether oxygens (including phenoxy) is 1. The van der Waals surface area contributed by atoms with Gasteiger partial charge >= 0.3 is 0 Å². The van der Waals surface area contributed by atoms with Crippen molar-refractivity contribution in [2.45, 2.75) is 30.2 Å². The van der Waals surface area contributed by atoms with E-state index in [4.69, 9.17) is 4.74 Å². The zero-order valence-electron chi connectivity index (χ0n) is 17.1. The van der Waals surface area contributed by atoms with E-state index in [0.717, 1.165) is 24.1 Å². The summed E-state index contributed by atoms with van der Waals surface area (Å²) in [7, 11) is -2.35. The largest absolute Gasteiger partial charge is 0.495 e. The number of carbonyl (C=O) groups is 1. The fraction of sp³-hybridized carbons (Fsp3) is 0.273. The summed E-state index contributed by atoms with van der Waals surface area (Å²) in [6.07, 6.45) is 5.93. The van der Waals surface area contributed by atoms with Crippen molar-refractivity contribution in [2.24, 2.45) is 0 Å². The maximum Gasteiger partial charge on any atom is 0.251 e. The van der Waals surface area contributed by atoms with Gasteiger partial charge in [0.1, 0.15) is 10.6 Å². The molecule has 1 aromatic heterocycles. The van der Waals surface area contributed by atoms with Gasteiger partial charge in [-0.15, -0.1) is 0 Å². The summed E-state index contributed by atoms with van der Waals surface area (Å²) in [5, 5.41) is 7.18. The Balaban J connectivity index is 1.40. The van der Waals surface area contributed by atoms with Crippen LogP contribution in [0.4, 0.5) is 0 Å². The molecule has 2 N–H and O–H groups in total. The summed E-state index contributed by atoms with van der Waals surface area (Å²) in [4.78, 5) is 12.6. The van der Waals surface area contributed by atoms with E-state index in [1.54, 1.807) is 16.9 Å². The zero-order chi connectivity index (χ0) is 21.8. The lowest BCUT2D eigenvalue weighted by Crippen LogP contribution is -2.28. The third kappa shape index (κ3) is 5.12. The van der Waals surface area contributed by atoms with Gasteiger partial charge in [-0.05, 0) is 55.2 Å². The normalized spacial score (nSPS) is 13.7. The Morgan fingerprint density at radius 2 is 1.97 bits per heavy atom. The molecule has 0 aliphatic heterocycles. The van der Waals surface area contributed by atoms with Gasteiger partial charge in [0.15, 0.2) is 0 Å². The first-order valence-corrected chi connectivity index (χ1v) is 11.5. The van der Waals surface area contributed by atoms with Gasteiger partial charge in [-0.2, -0.15) is 5.10 Å². The molecule has 0 radical (unpaired) electrons. The SMILES string of the molecule is COc1ccc(C(=O)NCCc2cnn(-c3ccccc3)c2)cc1S(=O)(=O)NC1CC1. The quantitative estimate of drug-likeness (QED) is 0.532. The first-order chi connectivity index (χ1) is 15.0. The van der Waals surface area contributed by atoms with Crippen LogP contribution >= 0.6 is 0 Å². The predicted molar refractivity (Wildman–Crippen MR) is 116 cm³/mol. The second-order valence-corrected chi connectivity index (χ2v) is 9.08. The van der Waals surface area contributed by atoms with Gasteiger partial charge in [-0.1, -0.05) is 18.2 Å². The molecule has 1 amide bonds. The van der Waals surface area contributed by atoms with E-state index >= 15 is 0 Å². The van der Waals surface area contributed by atoms with Crippen LogP contribution in [0.25, 0.3) is 5.69 Å². The monoisotopic (exact) mass is 440 g/mol. The highest BCUT2D eigenvalue weighted by atomic mass is 32.2. The molecule has 8 nitrogen and oxygen atoms in total. The molecule has 0 spiro atoms. The van der Waals surface area contributed by atoms with Crippen molar-refractivity contribution in [2.75, 3.05) is 13.7 Å². The maximum atomic E-state index is 12.6. The first kappa shape index (κ1) is 21.1. The molecule has 0 atom stereocenters. The summed E-state index contributed by atoms with van der Waals surface area (Å²) in [5.74, 6) is -0.140. The lowest BCUT2D eigenvalue weighted by Gasteiger charge is -2.12. The highest BCUT2D eigenvalue weighted by Gasteiger charge is 2.30. The van der Waals surface area contributed by atoms with Crippen LogP contribution in [-0.2, 0) is 16.4 Å². The molecule has 2 aromatic carbocycles. The molecular formula is C22H24N4O4S. The summed E-state index contributed by atoms with van der Waals surface area (Å²) >= 11 is 0. The number of amides is 1. The van der Waals surface area contributed by atoms with Crippen molar-refractivity contribution < 1.29 is 17.9 Å². The molecule has 162 valence electrons. The number of methoxy groups -OCH3 is 1. The molecule has 1 fully saturated rings. The minimum atomic E-state index is -3.75. The fourth-order valence-corrected chi connectivity index (χ4v) is 4.65. The highest BCUT2D eigenvalue weighted by Crippen LogP contribution is 2.28. The molecule has 9 heteroatoms. The van der Waals surface area contributed by atoms with Crippen molar-refractivity contribution >= 4 is 15.9 Å². The average molecular weight is 441 g/mol. The second kappa shape index (κ2) is 8.91. The van der Waals surface area contributed by atoms with Gasteiger partial charge in [-0.3, -0.25) is 4.79 Å². The van der Waals surface area contributed by atoms with E-state index in [0.29, 0.717) is 13.0 Å². The number of carbonyl (C=O) groups excluding carboxylic acids is 1. The lowest BCUT2D eigenvalue weighted by molar-refractivity contribution is 0.0954. The number of nitrogens with zero attached hydrogens (tertiary/aromatic N) is 2. The van der Waals surface area contributed by atoms with Crippen LogP contribution in [-0.4, -0.2) is 43.8 Å². The number of hydrogen-bond donors (Lipinski definition) is 2. The van der Waals surface area contributed by atoms with Gasteiger partial charge in [0.25, 0.3) is 5.91 Å². The van der Waals surface area contributed by atoms with E-state index in [-0.39, 0.29) is 28.2 Å². The summed E-state index contributed by atoms with van der Waals surface area (Å²) in [6.45, 7) is 0.397. The smallest absolute Gasteiger partial charge is 0.251 e. The maximum absolute atomic E-state index is 12.6. The predicted octanol–water partition coefficient (Wildman–Crippen LogP) is 2.29. The van der Waals surface area contributed by atoms with E-state index in [1.165, 1.54) is 19.2 Å². The number of aromatic nitrogens is 2. The van der Waals surface area contributed by atoms with Crippen LogP contribution in [0.5, 0.6) is 5.75 Å². The molecule has 0 saturated heterocycles. The molecule has 1 aliphatic rings. The Labute approximate surface area is 181 Å². The molecule has 31 heavy (non-hydrogen) atoms. The molecule has 1 heterocycles. The Morgan fingerprint density at radius 3 is 2.68 bits per heavy atom. The van der Waals surface area contributed by atoms with Crippen molar-refractivity contribution in [1.82, 2.24) is 19.8 Å². The second-order valence-electron chi connectivity index (χ2n) is 7.40. The van der Waals surface area contributed by atoms with E-state index in [2.05, 4.69) is 15.1 Å². The van der Waals surface area contributed by atoms with Crippen LogP contribution in [0.15, 0.2) is 65.8 Å². The lowest BCUT2D eigenvalue weighted by atomic mass is 10.2. The van der Waals surface area contributed by atoms with Gasteiger partial charge in [-0.25, -0.2) is 17.8 Å². The Bertz CT molecular complexity index is 1170. The van der Waals surface area contributed by atoms with Crippen molar-refractivity contribution in [1.29, 1.82) is 0 Å². The van der Waals surface area contributed by atoms with Crippen molar-refractivity contribution in [3.05, 3.63) is 72.1 Å². The number of nitrogens with one attached hydrogen (secondary N) is 2. The third-order valence-electron chi connectivity index (χ3n) is 4.97. The Hall–Kier alpha value is -3.17. The molecule has 4 rings (SSSR count). The summed E-state index contributed by atoms with van der Waals surface area (Å²) in [6, 6.07) is 14.1. The molecule has 3 aromatic rings. The Kier molecular flexibility index (Phi) is 6.06. The zero-order valence-corrected chi connectivity index (χ0v) is 17.9.